The number of anilines is 1. The summed E-state index contributed by atoms with van der Waals surface area (Å²) in [7, 11) is 0. The number of nitrogens with zero attached hydrogens (tertiary/aromatic N) is 2. The van der Waals surface area contributed by atoms with Gasteiger partial charge in [-0.25, -0.2) is 0 Å². The van der Waals surface area contributed by atoms with Gasteiger partial charge in [-0.05, 0) is 35.6 Å². The molecule has 0 saturated carbocycles. The first-order chi connectivity index (χ1) is 15.2. The molecule has 32 heavy (non-hydrogen) atoms. The van der Waals surface area contributed by atoms with Crippen LogP contribution in [0.4, 0.5) is 5.69 Å². The Morgan fingerprint density at radius 3 is 2.59 bits per heavy atom. The van der Waals surface area contributed by atoms with Crippen molar-refractivity contribution in [3.63, 3.8) is 0 Å². The zero-order chi connectivity index (χ0) is 22.7. The van der Waals surface area contributed by atoms with Crippen molar-refractivity contribution >= 4 is 17.5 Å². The van der Waals surface area contributed by atoms with Gasteiger partial charge in [-0.2, -0.15) is 0 Å². The number of benzene rings is 2. The molecule has 2 aromatic carbocycles. The van der Waals surface area contributed by atoms with Gasteiger partial charge in [-0.3, -0.25) is 9.59 Å². The highest BCUT2D eigenvalue weighted by Crippen LogP contribution is 2.42. The fraction of sp³-hybridized carbons (Fsp3) is 0.462. The van der Waals surface area contributed by atoms with Gasteiger partial charge < -0.3 is 19.9 Å². The number of ether oxygens (including phenoxy) is 1. The minimum atomic E-state index is -0.619. The number of rotatable bonds is 2. The monoisotopic (exact) mass is 433 g/mol. The Kier molecular flexibility index (Phi) is 4.82. The van der Waals surface area contributed by atoms with Gasteiger partial charge >= 0.3 is 0 Å². The number of hydrogen-bond acceptors (Lipinski definition) is 4. The minimum absolute atomic E-state index is 0.00213. The van der Waals surface area contributed by atoms with Crippen LogP contribution in [0.2, 0.25) is 0 Å². The van der Waals surface area contributed by atoms with Crippen molar-refractivity contribution in [1.82, 2.24) is 9.80 Å². The summed E-state index contributed by atoms with van der Waals surface area (Å²) in [5.74, 6) is 0.145. The molecule has 2 aromatic rings. The average molecular weight is 434 g/mol. The Hall–Kier alpha value is -2.86. The lowest BCUT2D eigenvalue weighted by atomic mass is 9.91. The molecule has 5 rings (SSSR count). The standard InChI is InChI=1S/C26H31N3O3/c1-17-6-5-7-18(12-17)19-8-9-21-20(13-19)24(31)29-11-10-28(23(30)14-25(2,3)4)15-22(29)26(27-21)16-32-26/h5-9,12-13,22,27H,10-11,14-16H2,1-4H3. The number of carbonyl (C=O) groups is 2. The molecular formula is C26H31N3O3. The van der Waals surface area contributed by atoms with Crippen LogP contribution in [0.1, 0.15) is 43.1 Å². The second kappa shape index (κ2) is 7.34. The quantitative estimate of drug-likeness (QED) is 0.730. The predicted octanol–water partition coefficient (Wildman–Crippen LogP) is 3.90. The van der Waals surface area contributed by atoms with Crippen LogP contribution in [0.25, 0.3) is 11.1 Å². The van der Waals surface area contributed by atoms with E-state index in [-0.39, 0.29) is 23.3 Å². The van der Waals surface area contributed by atoms with E-state index in [0.717, 1.165) is 16.8 Å². The molecule has 3 aliphatic heterocycles. The lowest BCUT2D eigenvalue weighted by molar-refractivity contribution is -0.136. The number of hydrogen-bond donors (Lipinski definition) is 1. The number of amides is 2. The Labute approximate surface area is 189 Å². The molecule has 0 aromatic heterocycles. The van der Waals surface area contributed by atoms with E-state index in [1.807, 2.05) is 34.1 Å². The Morgan fingerprint density at radius 1 is 1.16 bits per heavy atom. The van der Waals surface area contributed by atoms with E-state index in [1.54, 1.807) is 0 Å². The summed E-state index contributed by atoms with van der Waals surface area (Å²) in [5, 5.41) is 3.51. The summed E-state index contributed by atoms with van der Waals surface area (Å²) in [5.41, 5.74) is 4.07. The number of carbonyl (C=O) groups excluding carboxylic acids is 2. The summed E-state index contributed by atoms with van der Waals surface area (Å²) in [4.78, 5) is 30.4. The largest absolute Gasteiger partial charge is 0.353 e. The molecule has 1 N–H and O–H groups in total. The third kappa shape index (κ3) is 3.77. The summed E-state index contributed by atoms with van der Waals surface area (Å²) in [6.45, 7) is 10.4. The first-order valence-electron chi connectivity index (χ1n) is 11.4. The van der Waals surface area contributed by atoms with E-state index < -0.39 is 5.72 Å². The number of nitrogens with one attached hydrogen (secondary N) is 1. The van der Waals surface area contributed by atoms with E-state index >= 15 is 0 Å². The third-order valence-electron chi connectivity index (χ3n) is 6.62. The lowest BCUT2D eigenvalue weighted by Gasteiger charge is -2.43. The minimum Gasteiger partial charge on any atom is -0.353 e. The number of piperazine rings is 1. The zero-order valence-corrected chi connectivity index (χ0v) is 19.3. The SMILES string of the molecule is Cc1cccc(-c2ccc3c(c2)C(=O)N2CCN(C(=O)CC(C)(C)C)CC2C2(CO2)N3)c1. The molecule has 2 unspecified atom stereocenters. The number of epoxide rings is 1. The van der Waals surface area contributed by atoms with Crippen LogP contribution in [-0.2, 0) is 9.53 Å². The molecule has 6 nitrogen and oxygen atoms in total. The van der Waals surface area contributed by atoms with E-state index in [4.69, 9.17) is 4.74 Å². The first kappa shape index (κ1) is 21.0. The molecule has 1 spiro atoms. The van der Waals surface area contributed by atoms with Crippen LogP contribution in [0.15, 0.2) is 42.5 Å². The van der Waals surface area contributed by atoms with E-state index in [9.17, 15) is 9.59 Å². The highest BCUT2D eigenvalue weighted by molar-refractivity contribution is 6.02. The van der Waals surface area contributed by atoms with Crippen molar-refractivity contribution in [2.45, 2.75) is 45.9 Å². The van der Waals surface area contributed by atoms with Crippen LogP contribution in [0.3, 0.4) is 0 Å². The maximum absolute atomic E-state index is 13.7. The summed E-state index contributed by atoms with van der Waals surface area (Å²) in [6, 6.07) is 14.1. The molecule has 3 aliphatic rings. The smallest absolute Gasteiger partial charge is 0.256 e. The van der Waals surface area contributed by atoms with E-state index in [0.29, 0.717) is 38.2 Å². The maximum Gasteiger partial charge on any atom is 0.256 e. The van der Waals surface area contributed by atoms with Gasteiger partial charge in [-0.15, -0.1) is 0 Å². The lowest BCUT2D eigenvalue weighted by Crippen LogP contribution is -2.62. The van der Waals surface area contributed by atoms with Gasteiger partial charge in [0, 0.05) is 31.7 Å². The summed E-state index contributed by atoms with van der Waals surface area (Å²) >= 11 is 0. The van der Waals surface area contributed by atoms with Crippen molar-refractivity contribution in [1.29, 1.82) is 0 Å². The third-order valence-corrected chi connectivity index (χ3v) is 6.62. The van der Waals surface area contributed by atoms with Crippen LogP contribution in [-0.4, -0.2) is 59.6 Å². The van der Waals surface area contributed by atoms with E-state index in [2.05, 4.69) is 51.2 Å². The first-order valence-corrected chi connectivity index (χ1v) is 11.4. The van der Waals surface area contributed by atoms with Gasteiger partial charge in [-0.1, -0.05) is 56.7 Å². The fourth-order valence-corrected chi connectivity index (χ4v) is 4.86. The van der Waals surface area contributed by atoms with Crippen molar-refractivity contribution < 1.29 is 14.3 Å². The molecule has 2 atom stereocenters. The van der Waals surface area contributed by atoms with Crippen molar-refractivity contribution in [2.24, 2.45) is 5.41 Å². The van der Waals surface area contributed by atoms with Gasteiger partial charge in [0.05, 0.1) is 18.2 Å². The Bertz CT molecular complexity index is 1080. The van der Waals surface area contributed by atoms with Crippen molar-refractivity contribution in [2.75, 3.05) is 31.6 Å². The molecule has 0 bridgehead atoms. The predicted molar refractivity (Wildman–Crippen MR) is 124 cm³/mol. The highest BCUT2D eigenvalue weighted by Gasteiger charge is 2.59. The average Bonchev–Trinajstić information content (AvgIpc) is 3.53. The van der Waals surface area contributed by atoms with Gasteiger partial charge in [0.1, 0.15) is 0 Å². The number of fused-ring (bicyclic) bond motifs is 3. The maximum atomic E-state index is 13.7. The summed E-state index contributed by atoms with van der Waals surface area (Å²) in [6.07, 6.45) is 0.495. The van der Waals surface area contributed by atoms with Gasteiger partial charge in [0.25, 0.3) is 5.91 Å². The van der Waals surface area contributed by atoms with Crippen molar-refractivity contribution in [3.05, 3.63) is 53.6 Å². The molecule has 2 amide bonds. The Balaban J connectivity index is 1.46. The normalized spacial score (nSPS) is 24.5. The second-order valence-corrected chi connectivity index (χ2v) is 10.5. The fourth-order valence-electron chi connectivity index (χ4n) is 4.86. The van der Waals surface area contributed by atoms with Crippen LogP contribution in [0.5, 0.6) is 0 Å². The van der Waals surface area contributed by atoms with Gasteiger partial charge in [0.15, 0.2) is 5.72 Å². The van der Waals surface area contributed by atoms with Crippen molar-refractivity contribution in [3.8, 4) is 11.1 Å². The molecule has 3 heterocycles. The molecule has 168 valence electrons. The molecule has 0 aliphatic carbocycles. The Morgan fingerprint density at radius 2 is 1.91 bits per heavy atom. The molecule has 2 saturated heterocycles. The highest BCUT2D eigenvalue weighted by atomic mass is 16.6. The molecular weight excluding hydrogens is 402 g/mol. The molecule has 0 radical (unpaired) electrons. The number of aryl methyl sites for hydroxylation is 1. The second-order valence-electron chi connectivity index (χ2n) is 10.5. The molecule has 2 fully saturated rings. The van der Waals surface area contributed by atoms with Crippen LogP contribution < -0.4 is 5.32 Å². The van der Waals surface area contributed by atoms with Crippen LogP contribution in [0, 0.1) is 12.3 Å². The van der Waals surface area contributed by atoms with Crippen LogP contribution >= 0.6 is 0 Å². The van der Waals surface area contributed by atoms with Gasteiger partial charge in [0.2, 0.25) is 5.91 Å². The molecule has 6 heteroatoms. The zero-order valence-electron chi connectivity index (χ0n) is 19.3. The van der Waals surface area contributed by atoms with E-state index in [1.165, 1.54) is 5.56 Å². The topological polar surface area (TPSA) is 65.2 Å². The summed E-state index contributed by atoms with van der Waals surface area (Å²) < 4.78 is 5.91.